The number of carbonyl (C=O) groups is 2. The molecule has 3 aliphatic rings. The van der Waals surface area contributed by atoms with Crippen LogP contribution in [0, 0.1) is 17.1 Å². The van der Waals surface area contributed by atoms with Crippen LogP contribution in [0.5, 0.6) is 0 Å². The zero-order chi connectivity index (χ0) is 19.0. The lowest BCUT2D eigenvalue weighted by Crippen LogP contribution is -2.40. The number of nitrogens with zero attached hydrogens (tertiary/aromatic N) is 3. The molecule has 140 valence electrons. The van der Waals surface area contributed by atoms with Crippen molar-refractivity contribution in [2.24, 2.45) is 0 Å². The lowest BCUT2D eigenvalue weighted by molar-refractivity contribution is -0.128. The zero-order valence-electron chi connectivity index (χ0n) is 15.2. The highest BCUT2D eigenvalue weighted by atomic mass is 19.1. The van der Waals surface area contributed by atoms with Crippen LogP contribution in [-0.2, 0) is 4.79 Å². The van der Waals surface area contributed by atoms with Gasteiger partial charge in [0, 0.05) is 19.5 Å². The first-order chi connectivity index (χ1) is 13.1. The number of carbonyl (C=O) groups excluding carboxylic acids is 2. The van der Waals surface area contributed by atoms with Gasteiger partial charge in [-0.2, -0.15) is 5.26 Å². The number of hydrogen-bond acceptors (Lipinski definition) is 3. The Kier molecular flexibility index (Phi) is 4.69. The van der Waals surface area contributed by atoms with Gasteiger partial charge in [-0.05, 0) is 50.3 Å². The summed E-state index contributed by atoms with van der Waals surface area (Å²) in [5, 5.41) is 8.86. The van der Waals surface area contributed by atoms with Gasteiger partial charge in [0.2, 0.25) is 5.91 Å². The smallest absolute Gasteiger partial charge is 0.257 e. The average Bonchev–Trinajstić information content (AvgIpc) is 3.21. The molecule has 0 saturated carbocycles. The molecule has 6 heteroatoms. The van der Waals surface area contributed by atoms with Gasteiger partial charge < -0.3 is 9.80 Å². The topological polar surface area (TPSA) is 64.4 Å². The van der Waals surface area contributed by atoms with Crippen molar-refractivity contribution >= 4 is 11.8 Å². The van der Waals surface area contributed by atoms with E-state index < -0.39 is 11.7 Å². The molecule has 2 aliphatic heterocycles. The van der Waals surface area contributed by atoms with E-state index in [0.29, 0.717) is 19.5 Å². The maximum atomic E-state index is 14.3. The molecule has 2 fully saturated rings. The Bertz CT molecular complexity index is 857. The Labute approximate surface area is 158 Å². The second-order valence-electron chi connectivity index (χ2n) is 7.56. The van der Waals surface area contributed by atoms with Crippen molar-refractivity contribution in [2.45, 2.75) is 50.6 Å². The summed E-state index contributed by atoms with van der Waals surface area (Å²) in [6, 6.07) is 5.60. The Hall–Kier alpha value is -2.68. The summed E-state index contributed by atoms with van der Waals surface area (Å²) in [4.78, 5) is 29.0. The average molecular weight is 367 g/mol. The normalized spacial score (nSPS) is 24.6. The van der Waals surface area contributed by atoms with Crippen LogP contribution < -0.4 is 0 Å². The minimum atomic E-state index is -0.684. The third kappa shape index (κ3) is 3.23. The SMILES string of the molecule is N#Cc1ccc(C(=O)N2CC[C@H]3[C@@H]2CC(=O)N3CC2=CCCCC2)c(F)c1. The van der Waals surface area contributed by atoms with Crippen molar-refractivity contribution < 1.29 is 14.0 Å². The van der Waals surface area contributed by atoms with Gasteiger partial charge in [-0.25, -0.2) is 4.39 Å². The van der Waals surface area contributed by atoms with E-state index in [0.717, 1.165) is 25.3 Å². The van der Waals surface area contributed by atoms with E-state index in [4.69, 9.17) is 5.26 Å². The highest BCUT2D eigenvalue weighted by Gasteiger charge is 2.48. The standard InChI is InChI=1S/C21H22FN3O2/c22-17-10-15(12-23)6-7-16(17)21(27)24-9-8-18-19(24)11-20(26)25(18)13-14-4-2-1-3-5-14/h4,6-7,10,18-19H,1-3,5,8-9,11,13H2/t18-,19-/m0/s1. The molecule has 2 amide bonds. The van der Waals surface area contributed by atoms with Crippen molar-refractivity contribution in [1.82, 2.24) is 9.80 Å². The summed E-state index contributed by atoms with van der Waals surface area (Å²) in [7, 11) is 0. The minimum absolute atomic E-state index is 0.0192. The lowest BCUT2D eigenvalue weighted by Gasteiger charge is -2.27. The Morgan fingerprint density at radius 3 is 2.85 bits per heavy atom. The van der Waals surface area contributed by atoms with Crippen LogP contribution >= 0.6 is 0 Å². The van der Waals surface area contributed by atoms with Gasteiger partial charge >= 0.3 is 0 Å². The summed E-state index contributed by atoms with van der Waals surface area (Å²) >= 11 is 0. The first-order valence-corrected chi connectivity index (χ1v) is 9.56. The number of allylic oxidation sites excluding steroid dienone is 1. The van der Waals surface area contributed by atoms with E-state index in [9.17, 15) is 14.0 Å². The highest BCUT2D eigenvalue weighted by Crippen LogP contribution is 2.35. The number of halogens is 1. The fourth-order valence-electron chi connectivity index (χ4n) is 4.57. The molecular formula is C21H22FN3O2. The Morgan fingerprint density at radius 2 is 2.15 bits per heavy atom. The van der Waals surface area contributed by atoms with Crippen LogP contribution in [0.25, 0.3) is 0 Å². The summed E-state index contributed by atoms with van der Waals surface area (Å²) < 4.78 is 14.3. The first kappa shape index (κ1) is 17.7. The highest BCUT2D eigenvalue weighted by molar-refractivity contribution is 5.96. The van der Waals surface area contributed by atoms with Crippen LogP contribution in [-0.4, -0.2) is 46.8 Å². The van der Waals surface area contributed by atoms with Gasteiger partial charge in [0.05, 0.1) is 29.3 Å². The number of nitriles is 1. The number of benzene rings is 1. The summed E-state index contributed by atoms with van der Waals surface area (Å²) in [6.45, 7) is 1.18. The van der Waals surface area contributed by atoms with Crippen LogP contribution in [0.3, 0.4) is 0 Å². The molecule has 2 saturated heterocycles. The molecule has 1 aromatic carbocycles. The van der Waals surface area contributed by atoms with Crippen LogP contribution in [0.15, 0.2) is 29.8 Å². The second-order valence-corrected chi connectivity index (χ2v) is 7.56. The molecular weight excluding hydrogens is 345 g/mol. The van der Waals surface area contributed by atoms with E-state index in [1.54, 1.807) is 4.90 Å². The number of fused-ring (bicyclic) bond motifs is 1. The van der Waals surface area contributed by atoms with Crippen molar-refractivity contribution in [1.29, 1.82) is 5.26 Å². The number of amides is 2. The third-order valence-electron chi connectivity index (χ3n) is 5.96. The molecule has 0 unspecified atom stereocenters. The Morgan fingerprint density at radius 1 is 1.30 bits per heavy atom. The predicted molar refractivity (Wildman–Crippen MR) is 97.2 cm³/mol. The first-order valence-electron chi connectivity index (χ1n) is 9.56. The quantitative estimate of drug-likeness (QED) is 0.772. The summed E-state index contributed by atoms with van der Waals surface area (Å²) in [5.74, 6) is -0.999. The van der Waals surface area contributed by atoms with Crippen LogP contribution in [0.4, 0.5) is 4.39 Å². The van der Waals surface area contributed by atoms with E-state index in [-0.39, 0.29) is 29.1 Å². The van der Waals surface area contributed by atoms with Crippen molar-refractivity contribution in [3.63, 3.8) is 0 Å². The molecule has 0 spiro atoms. The molecule has 1 aliphatic carbocycles. The maximum absolute atomic E-state index is 14.3. The predicted octanol–water partition coefficient (Wildman–Crippen LogP) is 3.01. The van der Waals surface area contributed by atoms with Gasteiger partial charge in [-0.15, -0.1) is 0 Å². The van der Waals surface area contributed by atoms with Gasteiger partial charge in [0.1, 0.15) is 5.82 Å². The van der Waals surface area contributed by atoms with E-state index in [2.05, 4.69) is 6.08 Å². The Balaban J connectivity index is 1.51. The third-order valence-corrected chi connectivity index (χ3v) is 5.96. The molecule has 0 aromatic heterocycles. The molecule has 2 atom stereocenters. The minimum Gasteiger partial charge on any atom is -0.333 e. The maximum Gasteiger partial charge on any atom is 0.257 e. The molecule has 1 aromatic rings. The molecule has 27 heavy (non-hydrogen) atoms. The summed E-state index contributed by atoms with van der Waals surface area (Å²) in [6.07, 6.45) is 7.78. The van der Waals surface area contributed by atoms with Gasteiger partial charge in [-0.1, -0.05) is 11.6 Å². The zero-order valence-corrected chi connectivity index (χ0v) is 15.2. The van der Waals surface area contributed by atoms with Gasteiger partial charge in [-0.3, -0.25) is 9.59 Å². The molecule has 5 nitrogen and oxygen atoms in total. The number of likely N-dealkylation sites (tertiary alicyclic amines) is 2. The van der Waals surface area contributed by atoms with Crippen molar-refractivity contribution in [3.8, 4) is 6.07 Å². The summed E-state index contributed by atoms with van der Waals surface area (Å²) in [5.41, 5.74) is 1.47. The largest absolute Gasteiger partial charge is 0.333 e. The molecule has 4 rings (SSSR count). The monoisotopic (exact) mass is 367 g/mol. The van der Waals surface area contributed by atoms with E-state index in [1.165, 1.54) is 30.5 Å². The fraction of sp³-hybridized carbons (Fsp3) is 0.476. The molecule has 0 N–H and O–H groups in total. The van der Waals surface area contributed by atoms with E-state index in [1.807, 2.05) is 11.0 Å². The van der Waals surface area contributed by atoms with Crippen molar-refractivity contribution in [2.75, 3.05) is 13.1 Å². The number of hydrogen-bond donors (Lipinski definition) is 0. The van der Waals surface area contributed by atoms with Crippen LogP contribution in [0.1, 0.15) is 54.4 Å². The van der Waals surface area contributed by atoms with Gasteiger partial charge in [0.15, 0.2) is 0 Å². The lowest BCUT2D eigenvalue weighted by atomic mass is 9.99. The molecule has 0 radical (unpaired) electrons. The van der Waals surface area contributed by atoms with Gasteiger partial charge in [0.25, 0.3) is 5.91 Å². The molecule has 2 heterocycles. The molecule has 0 bridgehead atoms. The van der Waals surface area contributed by atoms with E-state index >= 15 is 0 Å². The second kappa shape index (κ2) is 7.15. The van der Waals surface area contributed by atoms with Crippen LogP contribution in [0.2, 0.25) is 0 Å². The van der Waals surface area contributed by atoms with Crippen molar-refractivity contribution in [3.05, 3.63) is 46.8 Å². The fourth-order valence-corrected chi connectivity index (χ4v) is 4.57. The number of rotatable bonds is 3.